The lowest BCUT2D eigenvalue weighted by molar-refractivity contribution is -0.121. The Morgan fingerprint density at radius 1 is 0.875 bits per heavy atom. The number of carbonyl (C=O) groups excluding carboxylic acids is 1. The standard InChI is InChI=1S/C17H12Br2F2I2O/c18-7-13(11-3-1-9(22)5-15(11)20)17(24)14(8-19)12-4-2-10(23)6-16(12)21/h1-6,13-14H,7-8H2. The first kappa shape index (κ1) is 20.7. The second kappa shape index (κ2) is 9.36. The first-order valence-corrected chi connectivity index (χ1v) is 11.3. The lowest BCUT2D eigenvalue weighted by Gasteiger charge is -2.21. The van der Waals surface area contributed by atoms with Gasteiger partial charge in [0.15, 0.2) is 0 Å². The van der Waals surface area contributed by atoms with Crippen molar-refractivity contribution in [1.29, 1.82) is 0 Å². The molecule has 7 heteroatoms. The first-order chi connectivity index (χ1) is 11.4. The molecule has 2 aromatic rings. The van der Waals surface area contributed by atoms with E-state index in [0.717, 1.165) is 7.14 Å². The van der Waals surface area contributed by atoms with Crippen LogP contribution in [0.2, 0.25) is 0 Å². The zero-order valence-electron chi connectivity index (χ0n) is 12.2. The van der Waals surface area contributed by atoms with E-state index in [1.807, 2.05) is 45.2 Å². The van der Waals surface area contributed by atoms with E-state index in [-0.39, 0.29) is 16.4 Å². The van der Waals surface area contributed by atoms with Gasteiger partial charge in [-0.05, 0) is 80.6 Å². The molecule has 0 N–H and O–H groups in total. The molecule has 24 heavy (non-hydrogen) atoms. The highest BCUT2D eigenvalue weighted by atomic mass is 127. The number of hydrogen-bond acceptors (Lipinski definition) is 1. The van der Waals surface area contributed by atoms with Gasteiger partial charge in [-0.3, -0.25) is 4.79 Å². The summed E-state index contributed by atoms with van der Waals surface area (Å²) in [5, 5.41) is 0.553. The van der Waals surface area contributed by atoms with Crippen molar-refractivity contribution in [2.24, 2.45) is 0 Å². The number of benzene rings is 2. The summed E-state index contributed by atoms with van der Waals surface area (Å²) in [4.78, 5) is 13.0. The summed E-state index contributed by atoms with van der Waals surface area (Å²) < 4.78 is 30.1. The van der Waals surface area contributed by atoms with Gasteiger partial charge in [0.2, 0.25) is 0 Å². The summed E-state index contributed by atoms with van der Waals surface area (Å²) >= 11 is 10.6. The molecule has 0 aliphatic heterocycles. The highest BCUT2D eigenvalue weighted by molar-refractivity contribution is 14.1. The van der Waals surface area contributed by atoms with E-state index in [9.17, 15) is 13.6 Å². The van der Waals surface area contributed by atoms with Crippen LogP contribution in [0.25, 0.3) is 0 Å². The van der Waals surface area contributed by atoms with Gasteiger partial charge in [0.05, 0.1) is 11.8 Å². The molecule has 128 valence electrons. The Kier molecular flexibility index (Phi) is 8.07. The monoisotopic (exact) mass is 682 g/mol. The van der Waals surface area contributed by atoms with Crippen molar-refractivity contribution < 1.29 is 13.6 Å². The average molecular weight is 684 g/mol. The van der Waals surface area contributed by atoms with Crippen LogP contribution < -0.4 is 0 Å². The Bertz CT molecular complexity index is 694. The van der Waals surface area contributed by atoms with E-state index >= 15 is 0 Å². The topological polar surface area (TPSA) is 17.1 Å². The molecule has 0 aliphatic rings. The SMILES string of the molecule is O=C(C(CBr)c1ccc(I)cc1F)C(CBr)c1ccc(I)cc1F. The molecular formula is C17H12Br2F2I2O. The van der Waals surface area contributed by atoms with E-state index in [2.05, 4.69) is 31.9 Å². The van der Waals surface area contributed by atoms with Crippen LogP contribution in [0.1, 0.15) is 23.0 Å². The van der Waals surface area contributed by atoms with Gasteiger partial charge in [-0.25, -0.2) is 8.78 Å². The maximum absolute atomic E-state index is 14.3. The van der Waals surface area contributed by atoms with Crippen LogP contribution in [0.5, 0.6) is 0 Å². The van der Waals surface area contributed by atoms with Crippen molar-refractivity contribution >= 4 is 82.8 Å². The second-order valence-electron chi connectivity index (χ2n) is 5.15. The van der Waals surface area contributed by atoms with Gasteiger partial charge in [-0.1, -0.05) is 44.0 Å². The molecule has 2 atom stereocenters. The minimum Gasteiger partial charge on any atom is -0.298 e. The van der Waals surface area contributed by atoms with Crippen molar-refractivity contribution in [3.63, 3.8) is 0 Å². The van der Waals surface area contributed by atoms with Gasteiger partial charge in [0.25, 0.3) is 0 Å². The lowest BCUT2D eigenvalue weighted by atomic mass is 9.85. The maximum atomic E-state index is 14.3. The minimum absolute atomic E-state index is 0.219. The van der Waals surface area contributed by atoms with Gasteiger partial charge in [-0.15, -0.1) is 0 Å². The normalized spacial score (nSPS) is 13.6. The lowest BCUT2D eigenvalue weighted by Crippen LogP contribution is -2.24. The van der Waals surface area contributed by atoms with Crippen LogP contribution in [0.15, 0.2) is 36.4 Å². The fourth-order valence-electron chi connectivity index (χ4n) is 2.44. The third-order valence-corrected chi connectivity index (χ3v) is 6.31. The zero-order chi connectivity index (χ0) is 17.9. The summed E-state index contributed by atoms with van der Waals surface area (Å²) in [6.07, 6.45) is 0. The van der Waals surface area contributed by atoms with Crippen LogP contribution in [-0.2, 0) is 4.79 Å². The van der Waals surface area contributed by atoms with Gasteiger partial charge in [-0.2, -0.15) is 0 Å². The predicted molar refractivity (Wildman–Crippen MR) is 116 cm³/mol. The third kappa shape index (κ3) is 4.76. The van der Waals surface area contributed by atoms with Crippen LogP contribution in [0, 0.1) is 18.8 Å². The third-order valence-electron chi connectivity index (χ3n) is 3.67. The van der Waals surface area contributed by atoms with Crippen molar-refractivity contribution in [3.8, 4) is 0 Å². The summed E-state index contributed by atoms with van der Waals surface area (Å²) in [6.45, 7) is 0. The Hall–Kier alpha value is 0.390. The molecule has 0 bridgehead atoms. The average Bonchev–Trinajstić information content (AvgIpc) is 2.52. The molecule has 0 saturated heterocycles. The van der Waals surface area contributed by atoms with E-state index in [1.54, 1.807) is 24.3 Å². The van der Waals surface area contributed by atoms with Crippen molar-refractivity contribution in [3.05, 3.63) is 66.3 Å². The molecule has 2 rings (SSSR count). The van der Waals surface area contributed by atoms with E-state index < -0.39 is 23.5 Å². The Morgan fingerprint density at radius 2 is 1.25 bits per heavy atom. The summed E-state index contributed by atoms with van der Waals surface area (Å²) in [7, 11) is 0. The molecule has 0 aliphatic carbocycles. The molecule has 0 fully saturated rings. The molecule has 1 nitrogen and oxygen atoms in total. The molecular weight excluding hydrogens is 672 g/mol. The van der Waals surface area contributed by atoms with Crippen LogP contribution >= 0.6 is 77.0 Å². The highest BCUT2D eigenvalue weighted by Gasteiger charge is 2.31. The molecule has 0 radical (unpaired) electrons. The Balaban J connectivity index is 2.41. The number of rotatable bonds is 6. The molecule has 0 amide bonds. The highest BCUT2D eigenvalue weighted by Crippen LogP contribution is 2.32. The van der Waals surface area contributed by atoms with Crippen molar-refractivity contribution in [1.82, 2.24) is 0 Å². The van der Waals surface area contributed by atoms with E-state index in [4.69, 9.17) is 0 Å². The summed E-state index contributed by atoms with van der Waals surface area (Å²) in [5.74, 6) is -2.41. The van der Waals surface area contributed by atoms with Crippen LogP contribution in [-0.4, -0.2) is 16.4 Å². The largest absolute Gasteiger partial charge is 0.298 e. The number of alkyl halides is 2. The first-order valence-electron chi connectivity index (χ1n) is 6.94. The molecule has 2 aromatic carbocycles. The van der Waals surface area contributed by atoms with Crippen LogP contribution in [0.4, 0.5) is 8.78 Å². The van der Waals surface area contributed by atoms with Gasteiger partial charge >= 0.3 is 0 Å². The molecule has 2 unspecified atom stereocenters. The molecule has 0 heterocycles. The molecule has 0 aromatic heterocycles. The Labute approximate surface area is 183 Å². The van der Waals surface area contributed by atoms with Gasteiger partial charge in [0, 0.05) is 17.8 Å². The van der Waals surface area contributed by atoms with Crippen LogP contribution in [0.3, 0.4) is 0 Å². The zero-order valence-corrected chi connectivity index (χ0v) is 19.7. The van der Waals surface area contributed by atoms with Gasteiger partial charge < -0.3 is 0 Å². The fourth-order valence-corrected chi connectivity index (χ4v) is 4.68. The maximum Gasteiger partial charge on any atom is 0.149 e. The number of carbonyl (C=O) groups is 1. The number of hydrogen-bond donors (Lipinski definition) is 0. The number of ketones is 1. The minimum atomic E-state index is -0.678. The molecule has 0 saturated carbocycles. The predicted octanol–water partition coefficient (Wildman–Crippen LogP) is 6.40. The quantitative estimate of drug-likeness (QED) is 0.255. The summed E-state index contributed by atoms with van der Waals surface area (Å²) in [6, 6.07) is 9.56. The van der Waals surface area contributed by atoms with E-state index in [0.29, 0.717) is 11.1 Å². The number of Topliss-reactive ketones (excluding diaryl/α,β-unsaturated/α-hetero) is 1. The Morgan fingerprint density at radius 3 is 1.54 bits per heavy atom. The smallest absolute Gasteiger partial charge is 0.149 e. The second-order valence-corrected chi connectivity index (χ2v) is 8.93. The molecule has 0 spiro atoms. The van der Waals surface area contributed by atoms with Crippen molar-refractivity contribution in [2.45, 2.75) is 11.8 Å². The summed E-state index contributed by atoms with van der Waals surface area (Å²) in [5.41, 5.74) is 0.656. The van der Waals surface area contributed by atoms with Gasteiger partial charge in [0.1, 0.15) is 17.4 Å². The van der Waals surface area contributed by atoms with Crippen molar-refractivity contribution in [2.75, 3.05) is 10.7 Å². The van der Waals surface area contributed by atoms with E-state index in [1.165, 1.54) is 12.1 Å². The number of halogens is 6. The fraction of sp³-hybridized carbons (Fsp3) is 0.235.